The van der Waals surface area contributed by atoms with Crippen LogP contribution in [0.4, 0.5) is 0 Å². The van der Waals surface area contributed by atoms with Crippen molar-refractivity contribution in [1.82, 2.24) is 5.32 Å². The third-order valence-corrected chi connectivity index (χ3v) is 5.37. The number of carboxylic acid groups (broad SMARTS) is 1. The van der Waals surface area contributed by atoms with Crippen LogP contribution in [0.5, 0.6) is 11.5 Å². The highest BCUT2D eigenvalue weighted by Crippen LogP contribution is 2.34. The molecule has 0 bridgehead atoms. The summed E-state index contributed by atoms with van der Waals surface area (Å²) >= 11 is 14.1. The molecule has 158 valence electrons. The van der Waals surface area contributed by atoms with E-state index in [1.54, 1.807) is 30.0 Å². The summed E-state index contributed by atoms with van der Waals surface area (Å²) in [7, 11) is 0. The molecule has 0 amide bonds. The van der Waals surface area contributed by atoms with E-state index in [0.717, 1.165) is 16.9 Å². The topological polar surface area (TPSA) is 67.8 Å². The maximum absolute atomic E-state index is 11.4. The Morgan fingerprint density at radius 3 is 2.62 bits per heavy atom. The molecular weight excluding hydrogens is 433 g/mol. The summed E-state index contributed by atoms with van der Waals surface area (Å²) in [6.07, 6.45) is 2.49. The molecule has 0 aromatic heterocycles. The fraction of sp³-hybridized carbons (Fsp3) is 0.381. The summed E-state index contributed by atoms with van der Waals surface area (Å²) in [5.41, 5.74) is 1.68. The number of carbonyl (C=O) groups is 1. The molecule has 2 aromatic rings. The molecule has 1 atom stereocenters. The van der Waals surface area contributed by atoms with E-state index in [4.69, 9.17) is 32.7 Å². The molecule has 0 radical (unpaired) electrons. The van der Waals surface area contributed by atoms with Gasteiger partial charge in [-0.3, -0.25) is 4.79 Å². The first kappa shape index (κ1) is 23.7. The van der Waals surface area contributed by atoms with E-state index in [0.29, 0.717) is 47.7 Å². The minimum Gasteiger partial charge on any atom is -0.490 e. The van der Waals surface area contributed by atoms with Crippen molar-refractivity contribution in [2.24, 2.45) is 0 Å². The Labute approximate surface area is 185 Å². The smallest absolute Gasteiger partial charge is 0.320 e. The van der Waals surface area contributed by atoms with Crippen molar-refractivity contribution in [1.29, 1.82) is 0 Å². The van der Waals surface area contributed by atoms with Gasteiger partial charge in [-0.1, -0.05) is 35.3 Å². The van der Waals surface area contributed by atoms with Crippen LogP contribution in [0.3, 0.4) is 0 Å². The van der Waals surface area contributed by atoms with E-state index >= 15 is 0 Å². The van der Waals surface area contributed by atoms with Gasteiger partial charge in [0.15, 0.2) is 11.5 Å². The SMILES string of the molecule is CCOc1cc(CNC(CCSC)C(=O)O)c(Cl)cc1OCc1cccc(Cl)c1. The van der Waals surface area contributed by atoms with Crippen molar-refractivity contribution < 1.29 is 19.4 Å². The number of hydrogen-bond donors (Lipinski definition) is 2. The Bertz CT molecular complexity index is 819. The summed E-state index contributed by atoms with van der Waals surface area (Å²) < 4.78 is 11.6. The molecule has 2 N–H and O–H groups in total. The molecule has 1 unspecified atom stereocenters. The highest BCUT2D eigenvalue weighted by Gasteiger charge is 2.18. The van der Waals surface area contributed by atoms with Gasteiger partial charge in [-0.2, -0.15) is 11.8 Å². The molecule has 0 fully saturated rings. The molecule has 2 rings (SSSR count). The van der Waals surface area contributed by atoms with Gasteiger partial charge >= 0.3 is 5.97 Å². The number of ether oxygens (including phenoxy) is 2. The van der Waals surface area contributed by atoms with Crippen molar-refractivity contribution >= 4 is 40.9 Å². The average Bonchev–Trinajstić information content (AvgIpc) is 2.68. The fourth-order valence-electron chi connectivity index (χ4n) is 2.66. The van der Waals surface area contributed by atoms with Crippen LogP contribution in [-0.2, 0) is 17.9 Å². The maximum Gasteiger partial charge on any atom is 0.320 e. The number of rotatable bonds is 12. The van der Waals surface area contributed by atoms with E-state index in [2.05, 4.69) is 5.32 Å². The Morgan fingerprint density at radius 2 is 1.97 bits per heavy atom. The zero-order valence-corrected chi connectivity index (χ0v) is 18.7. The standard InChI is InChI=1S/C21H25Cl2NO4S/c1-3-27-19-10-15(12-24-18(21(25)26)7-8-29-2)17(23)11-20(19)28-13-14-5-4-6-16(22)9-14/h4-6,9-11,18,24H,3,7-8,12-13H2,1-2H3,(H,25,26). The van der Waals surface area contributed by atoms with E-state index in [9.17, 15) is 9.90 Å². The van der Waals surface area contributed by atoms with E-state index < -0.39 is 12.0 Å². The summed E-state index contributed by atoms with van der Waals surface area (Å²) in [5.74, 6) is 0.976. The van der Waals surface area contributed by atoms with Crippen molar-refractivity contribution in [3.8, 4) is 11.5 Å². The summed E-state index contributed by atoms with van der Waals surface area (Å²) in [6.45, 7) is 2.99. The first-order chi connectivity index (χ1) is 13.9. The Hall–Kier alpha value is -1.60. The third-order valence-electron chi connectivity index (χ3n) is 4.14. The van der Waals surface area contributed by atoms with Gasteiger partial charge < -0.3 is 19.9 Å². The molecule has 5 nitrogen and oxygen atoms in total. The number of benzene rings is 2. The Morgan fingerprint density at radius 1 is 1.21 bits per heavy atom. The highest BCUT2D eigenvalue weighted by atomic mass is 35.5. The molecule has 2 aromatic carbocycles. The van der Waals surface area contributed by atoms with Crippen molar-refractivity contribution in [2.45, 2.75) is 32.5 Å². The maximum atomic E-state index is 11.4. The molecule has 0 aliphatic rings. The number of nitrogens with one attached hydrogen (secondary N) is 1. The van der Waals surface area contributed by atoms with Gasteiger partial charge in [0.25, 0.3) is 0 Å². The van der Waals surface area contributed by atoms with Gasteiger partial charge in [0, 0.05) is 22.7 Å². The van der Waals surface area contributed by atoms with Crippen LogP contribution in [0.1, 0.15) is 24.5 Å². The predicted octanol–water partition coefficient (Wildman–Crippen LogP) is 5.27. The van der Waals surface area contributed by atoms with Gasteiger partial charge in [-0.15, -0.1) is 0 Å². The van der Waals surface area contributed by atoms with E-state index in [-0.39, 0.29) is 0 Å². The first-order valence-electron chi connectivity index (χ1n) is 9.22. The van der Waals surface area contributed by atoms with E-state index in [1.165, 1.54) is 0 Å². The molecule has 29 heavy (non-hydrogen) atoms. The van der Waals surface area contributed by atoms with Crippen LogP contribution in [0.15, 0.2) is 36.4 Å². The summed E-state index contributed by atoms with van der Waals surface area (Å²) in [4.78, 5) is 11.4. The highest BCUT2D eigenvalue weighted by molar-refractivity contribution is 7.98. The molecule has 0 saturated carbocycles. The number of aliphatic carboxylic acids is 1. The molecule has 0 heterocycles. The van der Waals surface area contributed by atoms with Gasteiger partial charge in [0.05, 0.1) is 6.61 Å². The van der Waals surface area contributed by atoms with Crippen LogP contribution in [0.2, 0.25) is 10.0 Å². The Kier molecular flexibility index (Phi) is 9.94. The summed E-state index contributed by atoms with van der Waals surface area (Å²) in [5, 5.41) is 13.6. The molecule has 8 heteroatoms. The van der Waals surface area contributed by atoms with Crippen molar-refractivity contribution in [2.75, 3.05) is 18.6 Å². The molecule has 0 saturated heterocycles. The predicted molar refractivity (Wildman–Crippen MR) is 120 cm³/mol. The zero-order valence-electron chi connectivity index (χ0n) is 16.4. The second-order valence-corrected chi connectivity index (χ2v) is 8.12. The number of thioether (sulfide) groups is 1. The van der Waals surface area contributed by atoms with Crippen LogP contribution >= 0.6 is 35.0 Å². The lowest BCUT2D eigenvalue weighted by atomic mass is 10.1. The fourth-order valence-corrected chi connectivity index (χ4v) is 3.57. The quantitative estimate of drug-likeness (QED) is 0.452. The van der Waals surface area contributed by atoms with Gasteiger partial charge in [0.2, 0.25) is 0 Å². The number of hydrogen-bond acceptors (Lipinski definition) is 5. The zero-order chi connectivity index (χ0) is 21.2. The molecule has 0 spiro atoms. The molecule has 0 aliphatic heterocycles. The first-order valence-corrected chi connectivity index (χ1v) is 11.4. The second-order valence-electron chi connectivity index (χ2n) is 6.30. The van der Waals surface area contributed by atoms with Crippen LogP contribution < -0.4 is 14.8 Å². The van der Waals surface area contributed by atoms with Gasteiger partial charge in [-0.25, -0.2) is 0 Å². The van der Waals surface area contributed by atoms with Crippen molar-refractivity contribution in [3.63, 3.8) is 0 Å². The average molecular weight is 458 g/mol. The van der Waals surface area contributed by atoms with Crippen LogP contribution in [-0.4, -0.2) is 35.7 Å². The van der Waals surface area contributed by atoms with E-state index in [1.807, 2.05) is 31.4 Å². The second kappa shape index (κ2) is 12.2. The summed E-state index contributed by atoms with van der Waals surface area (Å²) in [6, 6.07) is 10.3. The minimum absolute atomic E-state index is 0.318. The molecule has 0 aliphatic carbocycles. The minimum atomic E-state index is -0.873. The lowest BCUT2D eigenvalue weighted by Gasteiger charge is -2.17. The normalized spacial score (nSPS) is 11.9. The lowest BCUT2D eigenvalue weighted by molar-refractivity contribution is -0.139. The largest absolute Gasteiger partial charge is 0.490 e. The number of carboxylic acids is 1. The van der Waals surface area contributed by atoms with Gasteiger partial charge in [-0.05, 0) is 54.7 Å². The Balaban J connectivity index is 2.12. The van der Waals surface area contributed by atoms with Crippen LogP contribution in [0, 0.1) is 0 Å². The third kappa shape index (κ3) is 7.63. The van der Waals surface area contributed by atoms with Crippen molar-refractivity contribution in [3.05, 3.63) is 57.6 Å². The molecular formula is C21H25Cl2NO4S. The number of halogens is 2. The lowest BCUT2D eigenvalue weighted by Crippen LogP contribution is -2.36. The monoisotopic (exact) mass is 457 g/mol. The van der Waals surface area contributed by atoms with Crippen LogP contribution in [0.25, 0.3) is 0 Å². The van der Waals surface area contributed by atoms with Gasteiger partial charge in [0.1, 0.15) is 12.6 Å².